The van der Waals surface area contributed by atoms with Crippen LogP contribution in [0.25, 0.3) is 11.4 Å². The predicted molar refractivity (Wildman–Crippen MR) is 64.0 cm³/mol. The lowest BCUT2D eigenvalue weighted by Crippen LogP contribution is -2.30. The molecule has 0 fully saturated rings. The summed E-state index contributed by atoms with van der Waals surface area (Å²) in [4.78, 5) is 22.6. The molecule has 0 unspecified atom stereocenters. The molecule has 1 aromatic heterocycles. The topological polar surface area (TPSA) is 110 Å². The van der Waals surface area contributed by atoms with Gasteiger partial charge in [0.25, 0.3) is 5.91 Å². The van der Waals surface area contributed by atoms with Crippen LogP contribution < -0.4 is 5.32 Å². The summed E-state index contributed by atoms with van der Waals surface area (Å²) in [6, 6.07) is 6.60. The highest BCUT2D eigenvalue weighted by molar-refractivity contribution is 5.96. The first kappa shape index (κ1) is 12.7. The number of methoxy groups -OCH3 is 1. The van der Waals surface area contributed by atoms with Crippen LogP contribution in [0.5, 0.6) is 0 Å². The number of rotatable bonds is 4. The van der Waals surface area contributed by atoms with Crippen LogP contribution >= 0.6 is 0 Å². The largest absolute Gasteiger partial charge is 0.468 e. The Morgan fingerprint density at radius 3 is 2.63 bits per heavy atom. The molecule has 19 heavy (non-hydrogen) atoms. The number of nitrogens with one attached hydrogen (secondary N) is 2. The molecule has 2 N–H and O–H groups in total. The number of aromatic amines is 1. The van der Waals surface area contributed by atoms with E-state index in [4.69, 9.17) is 0 Å². The van der Waals surface area contributed by atoms with Gasteiger partial charge in [0.2, 0.25) is 5.82 Å². The van der Waals surface area contributed by atoms with Crippen molar-refractivity contribution in [2.75, 3.05) is 13.7 Å². The summed E-state index contributed by atoms with van der Waals surface area (Å²) in [5.41, 5.74) is 1.16. The maximum absolute atomic E-state index is 11.7. The lowest BCUT2D eigenvalue weighted by atomic mass is 10.1. The Balaban J connectivity index is 2.02. The molecule has 0 saturated carbocycles. The molecule has 0 bridgehead atoms. The number of aromatic nitrogens is 4. The smallest absolute Gasteiger partial charge is 0.325 e. The Kier molecular flexibility index (Phi) is 3.81. The molecule has 2 rings (SSSR count). The summed E-state index contributed by atoms with van der Waals surface area (Å²) in [6.07, 6.45) is 0. The van der Waals surface area contributed by atoms with Crippen LogP contribution in [0.3, 0.4) is 0 Å². The zero-order chi connectivity index (χ0) is 13.7. The Morgan fingerprint density at radius 1 is 1.32 bits per heavy atom. The van der Waals surface area contributed by atoms with Crippen molar-refractivity contribution < 1.29 is 14.3 Å². The number of ether oxygens (including phenoxy) is 1. The molecule has 1 heterocycles. The summed E-state index contributed by atoms with van der Waals surface area (Å²) in [5, 5.41) is 15.9. The summed E-state index contributed by atoms with van der Waals surface area (Å²) in [5.74, 6) is -0.414. The highest BCUT2D eigenvalue weighted by atomic mass is 16.5. The zero-order valence-corrected chi connectivity index (χ0v) is 10.1. The van der Waals surface area contributed by atoms with E-state index in [1.165, 1.54) is 7.11 Å². The van der Waals surface area contributed by atoms with Gasteiger partial charge in [-0.1, -0.05) is 12.1 Å². The van der Waals surface area contributed by atoms with Crippen LogP contribution in [-0.4, -0.2) is 46.2 Å². The quantitative estimate of drug-likeness (QED) is 0.735. The lowest BCUT2D eigenvalue weighted by molar-refractivity contribution is -0.139. The minimum Gasteiger partial charge on any atom is -0.468 e. The molecule has 1 amide bonds. The predicted octanol–water partition coefficient (Wildman–Crippen LogP) is -0.231. The van der Waals surface area contributed by atoms with Gasteiger partial charge in [-0.3, -0.25) is 9.59 Å². The number of esters is 1. The zero-order valence-electron chi connectivity index (χ0n) is 10.1. The molecule has 8 heteroatoms. The van der Waals surface area contributed by atoms with Gasteiger partial charge in [0.15, 0.2) is 0 Å². The average molecular weight is 261 g/mol. The van der Waals surface area contributed by atoms with E-state index < -0.39 is 5.97 Å². The molecular weight excluding hydrogens is 250 g/mol. The summed E-state index contributed by atoms with van der Waals surface area (Å²) in [6.45, 7) is -0.165. The molecule has 2 aromatic rings. The van der Waals surface area contributed by atoms with E-state index in [2.05, 4.69) is 30.7 Å². The fourth-order valence-corrected chi connectivity index (χ4v) is 1.38. The normalized spacial score (nSPS) is 9.95. The van der Waals surface area contributed by atoms with Crippen LogP contribution in [-0.2, 0) is 9.53 Å². The van der Waals surface area contributed by atoms with E-state index >= 15 is 0 Å². The van der Waals surface area contributed by atoms with Crippen molar-refractivity contribution in [1.29, 1.82) is 0 Å². The van der Waals surface area contributed by atoms with Crippen molar-refractivity contribution >= 4 is 11.9 Å². The Hall–Kier alpha value is -2.77. The number of nitrogens with zero attached hydrogens (tertiary/aromatic N) is 3. The van der Waals surface area contributed by atoms with Crippen LogP contribution in [0, 0.1) is 0 Å². The Labute approximate surface area is 108 Å². The first-order chi connectivity index (χ1) is 9.20. The van der Waals surface area contributed by atoms with E-state index in [-0.39, 0.29) is 12.5 Å². The molecule has 8 nitrogen and oxygen atoms in total. The van der Waals surface area contributed by atoms with Crippen molar-refractivity contribution in [3.05, 3.63) is 29.8 Å². The number of hydrogen-bond acceptors (Lipinski definition) is 6. The number of hydrogen-bond donors (Lipinski definition) is 2. The van der Waals surface area contributed by atoms with Crippen molar-refractivity contribution in [2.45, 2.75) is 0 Å². The third-order valence-corrected chi connectivity index (χ3v) is 2.37. The maximum Gasteiger partial charge on any atom is 0.325 e. The Morgan fingerprint density at radius 2 is 2.05 bits per heavy atom. The van der Waals surface area contributed by atoms with E-state index in [0.29, 0.717) is 11.4 Å². The van der Waals surface area contributed by atoms with E-state index in [1.807, 2.05) is 0 Å². The summed E-state index contributed by atoms with van der Waals surface area (Å²) < 4.78 is 4.42. The molecule has 0 atom stereocenters. The van der Waals surface area contributed by atoms with Gasteiger partial charge in [-0.15, -0.1) is 10.2 Å². The van der Waals surface area contributed by atoms with Gasteiger partial charge in [-0.05, 0) is 17.3 Å². The molecule has 1 aromatic carbocycles. The number of carbonyl (C=O) groups excluding carboxylic acids is 2. The number of tetrazole rings is 1. The number of amides is 1. The minimum atomic E-state index is -0.503. The monoisotopic (exact) mass is 261 g/mol. The van der Waals surface area contributed by atoms with Gasteiger partial charge in [0, 0.05) is 11.1 Å². The Bertz CT molecular complexity index is 565. The first-order valence-electron chi connectivity index (χ1n) is 5.39. The highest BCUT2D eigenvalue weighted by Gasteiger charge is 2.09. The highest BCUT2D eigenvalue weighted by Crippen LogP contribution is 2.13. The number of benzene rings is 1. The molecule has 98 valence electrons. The molecule has 0 radical (unpaired) electrons. The SMILES string of the molecule is COC(=O)CNC(=O)c1ccc(-c2nn[nH]n2)cc1. The third kappa shape index (κ3) is 3.12. The molecule has 0 spiro atoms. The van der Waals surface area contributed by atoms with Crippen molar-refractivity contribution in [2.24, 2.45) is 0 Å². The fourth-order valence-electron chi connectivity index (χ4n) is 1.38. The molecule has 0 saturated heterocycles. The van der Waals surface area contributed by atoms with Gasteiger partial charge in [-0.25, -0.2) is 0 Å². The minimum absolute atomic E-state index is 0.165. The average Bonchev–Trinajstić information content (AvgIpc) is 2.98. The van der Waals surface area contributed by atoms with Gasteiger partial charge in [-0.2, -0.15) is 5.21 Å². The second kappa shape index (κ2) is 5.71. The lowest BCUT2D eigenvalue weighted by Gasteiger charge is -2.04. The standard InChI is InChI=1S/C11H11N5O3/c1-19-9(17)6-12-11(18)8-4-2-7(3-5-8)10-13-15-16-14-10/h2-5H,6H2,1H3,(H,12,18)(H,13,14,15,16). The second-order valence-corrected chi connectivity index (χ2v) is 3.57. The van der Waals surface area contributed by atoms with Gasteiger partial charge >= 0.3 is 5.97 Å². The van der Waals surface area contributed by atoms with E-state index in [0.717, 1.165) is 5.56 Å². The summed E-state index contributed by atoms with van der Waals surface area (Å²) in [7, 11) is 1.26. The van der Waals surface area contributed by atoms with Crippen molar-refractivity contribution in [3.8, 4) is 11.4 Å². The second-order valence-electron chi connectivity index (χ2n) is 3.57. The third-order valence-electron chi connectivity index (χ3n) is 2.37. The maximum atomic E-state index is 11.7. The van der Waals surface area contributed by atoms with Gasteiger partial charge in [0.05, 0.1) is 7.11 Å². The van der Waals surface area contributed by atoms with Crippen LogP contribution in [0.15, 0.2) is 24.3 Å². The number of carbonyl (C=O) groups is 2. The molecular formula is C11H11N5O3. The van der Waals surface area contributed by atoms with Crippen molar-refractivity contribution in [1.82, 2.24) is 25.9 Å². The van der Waals surface area contributed by atoms with Gasteiger partial charge < -0.3 is 10.1 Å². The van der Waals surface area contributed by atoms with Gasteiger partial charge in [0.1, 0.15) is 6.54 Å². The first-order valence-corrected chi connectivity index (χ1v) is 5.39. The summed E-state index contributed by atoms with van der Waals surface area (Å²) >= 11 is 0. The van der Waals surface area contributed by atoms with Crippen molar-refractivity contribution in [3.63, 3.8) is 0 Å². The van der Waals surface area contributed by atoms with E-state index in [1.54, 1.807) is 24.3 Å². The molecule has 0 aliphatic heterocycles. The number of H-pyrrole nitrogens is 1. The fraction of sp³-hybridized carbons (Fsp3) is 0.182. The van der Waals surface area contributed by atoms with Crippen LogP contribution in [0.1, 0.15) is 10.4 Å². The molecule has 0 aliphatic rings. The van der Waals surface area contributed by atoms with Crippen LogP contribution in [0.4, 0.5) is 0 Å². The van der Waals surface area contributed by atoms with E-state index in [9.17, 15) is 9.59 Å². The molecule has 0 aliphatic carbocycles. The van der Waals surface area contributed by atoms with Crippen LogP contribution in [0.2, 0.25) is 0 Å².